The molecule has 0 amide bonds. The maximum Gasteiger partial charge on any atom is 0.335 e. The van der Waals surface area contributed by atoms with Gasteiger partial charge in [0.15, 0.2) is 6.10 Å². The van der Waals surface area contributed by atoms with Crippen molar-refractivity contribution in [1.29, 1.82) is 0 Å². The molecular formula is C32H30ClFN4O4. The minimum atomic E-state index is -0.949. The second kappa shape index (κ2) is 11.1. The fourth-order valence-corrected chi connectivity index (χ4v) is 6.30. The fourth-order valence-electron chi connectivity index (χ4n) is 6.14. The van der Waals surface area contributed by atoms with E-state index in [9.17, 15) is 14.3 Å². The van der Waals surface area contributed by atoms with Crippen molar-refractivity contribution < 1.29 is 23.8 Å². The van der Waals surface area contributed by atoms with Gasteiger partial charge < -0.3 is 19.1 Å². The zero-order valence-electron chi connectivity index (χ0n) is 22.9. The number of aromatic nitrogens is 2. The molecule has 216 valence electrons. The molecule has 3 aromatic carbocycles. The minimum Gasteiger partial charge on any atom is -0.478 e. The van der Waals surface area contributed by atoms with Gasteiger partial charge in [0, 0.05) is 17.2 Å². The summed E-state index contributed by atoms with van der Waals surface area (Å²) in [5.41, 5.74) is 4.14. The molecule has 1 aromatic heterocycles. The molecule has 8 nitrogen and oxygen atoms in total. The lowest BCUT2D eigenvalue weighted by atomic mass is 9.88. The van der Waals surface area contributed by atoms with E-state index in [2.05, 4.69) is 20.5 Å². The van der Waals surface area contributed by atoms with Crippen LogP contribution in [0.4, 0.5) is 10.1 Å². The Kier molecular flexibility index (Phi) is 7.17. The van der Waals surface area contributed by atoms with Crippen LogP contribution < -0.4 is 4.74 Å². The molecule has 2 unspecified atom stereocenters. The van der Waals surface area contributed by atoms with E-state index in [-0.39, 0.29) is 17.6 Å². The molecule has 1 N–H and O–H groups in total. The summed E-state index contributed by atoms with van der Waals surface area (Å²) in [5.74, 6) is 0.553. The zero-order chi connectivity index (χ0) is 28.8. The highest BCUT2D eigenvalue weighted by Gasteiger charge is 2.30. The zero-order valence-corrected chi connectivity index (χ0v) is 23.6. The van der Waals surface area contributed by atoms with E-state index in [0.717, 1.165) is 67.1 Å². The van der Waals surface area contributed by atoms with Gasteiger partial charge in [0.2, 0.25) is 0 Å². The molecule has 4 heterocycles. The number of fused-ring (bicyclic) bond motifs is 2. The molecule has 0 aliphatic carbocycles. The predicted octanol–water partition coefficient (Wildman–Crippen LogP) is 6.53. The number of hydrogen-bond donors (Lipinski definition) is 1. The Labute approximate surface area is 247 Å². The van der Waals surface area contributed by atoms with E-state index >= 15 is 0 Å². The Bertz CT molecular complexity index is 1690. The van der Waals surface area contributed by atoms with Crippen LogP contribution in [0.2, 0.25) is 5.02 Å². The van der Waals surface area contributed by atoms with Crippen molar-refractivity contribution in [1.82, 2.24) is 14.5 Å². The van der Waals surface area contributed by atoms with Crippen LogP contribution in [0, 0.1) is 5.82 Å². The van der Waals surface area contributed by atoms with Crippen LogP contribution >= 0.6 is 11.6 Å². The van der Waals surface area contributed by atoms with Gasteiger partial charge in [0.25, 0.3) is 0 Å². The van der Waals surface area contributed by atoms with E-state index in [4.69, 9.17) is 26.1 Å². The smallest absolute Gasteiger partial charge is 0.335 e. The number of carboxylic acids is 1. The summed E-state index contributed by atoms with van der Waals surface area (Å²) in [7, 11) is 0. The number of benzene rings is 3. The van der Waals surface area contributed by atoms with Gasteiger partial charge in [-0.1, -0.05) is 29.8 Å². The fraction of sp³-hybridized carbons (Fsp3) is 0.344. The number of imidazole rings is 1. The second-order valence-corrected chi connectivity index (χ2v) is 11.6. The highest BCUT2D eigenvalue weighted by atomic mass is 35.5. The summed E-state index contributed by atoms with van der Waals surface area (Å²) in [6, 6.07) is 15.7. The van der Waals surface area contributed by atoms with Crippen LogP contribution in [-0.4, -0.2) is 57.5 Å². The first-order chi connectivity index (χ1) is 20.4. The molecule has 2 saturated heterocycles. The normalized spacial score (nSPS) is 20.7. The first kappa shape index (κ1) is 27.1. The number of carboxylic acid groups (broad SMARTS) is 1. The Hall–Kier alpha value is -3.79. The van der Waals surface area contributed by atoms with Gasteiger partial charge in [-0.15, -0.1) is 0 Å². The van der Waals surface area contributed by atoms with Crippen molar-refractivity contribution in [2.75, 3.05) is 19.7 Å². The van der Waals surface area contributed by atoms with Crippen molar-refractivity contribution in [3.8, 4) is 5.75 Å². The highest BCUT2D eigenvalue weighted by molar-refractivity contribution is 6.30. The van der Waals surface area contributed by atoms with Crippen LogP contribution in [0.15, 0.2) is 59.6 Å². The molecule has 4 aromatic rings. The first-order valence-electron chi connectivity index (χ1n) is 14.3. The monoisotopic (exact) mass is 588 g/mol. The number of carbonyl (C=O) groups is 1. The van der Waals surface area contributed by atoms with Crippen LogP contribution in [0.3, 0.4) is 0 Å². The summed E-state index contributed by atoms with van der Waals surface area (Å²) >= 11 is 5.95. The topological polar surface area (TPSA) is 89.2 Å². The van der Waals surface area contributed by atoms with Crippen LogP contribution in [-0.2, 0) is 17.8 Å². The Balaban J connectivity index is 1.08. The summed E-state index contributed by atoms with van der Waals surface area (Å²) in [6.45, 7) is 3.83. The summed E-state index contributed by atoms with van der Waals surface area (Å²) in [6.07, 6.45) is 3.99. The van der Waals surface area contributed by atoms with E-state index < -0.39 is 17.9 Å². The van der Waals surface area contributed by atoms with E-state index in [1.54, 1.807) is 36.5 Å². The van der Waals surface area contributed by atoms with Crippen molar-refractivity contribution in [2.24, 2.45) is 4.99 Å². The third kappa shape index (κ3) is 5.17. The molecule has 7 rings (SSSR count). The molecule has 3 aliphatic heterocycles. The van der Waals surface area contributed by atoms with Gasteiger partial charge in [-0.05, 0) is 80.2 Å². The van der Waals surface area contributed by atoms with Crippen LogP contribution in [0.5, 0.6) is 5.75 Å². The number of rotatable bonds is 7. The molecular weight excluding hydrogens is 559 g/mol. The van der Waals surface area contributed by atoms with Crippen molar-refractivity contribution >= 4 is 40.5 Å². The number of aromatic carboxylic acids is 1. The molecule has 0 bridgehead atoms. The molecule has 10 heteroatoms. The van der Waals surface area contributed by atoms with Crippen molar-refractivity contribution in [3.05, 3.63) is 88.0 Å². The number of para-hydroxylation sites is 1. The van der Waals surface area contributed by atoms with Crippen molar-refractivity contribution in [2.45, 2.75) is 50.5 Å². The molecule has 2 atom stereocenters. The average Bonchev–Trinajstić information content (AvgIpc) is 3.30. The summed E-state index contributed by atoms with van der Waals surface area (Å²) in [4.78, 5) is 23.5. The quantitative estimate of drug-likeness (QED) is 0.264. The number of ether oxygens (including phenoxy) is 2. The number of halogens is 2. The Morgan fingerprint density at radius 3 is 2.64 bits per heavy atom. The number of nitrogens with zero attached hydrogens (tertiary/aromatic N) is 4. The van der Waals surface area contributed by atoms with Gasteiger partial charge >= 0.3 is 5.97 Å². The van der Waals surface area contributed by atoms with Gasteiger partial charge in [0.1, 0.15) is 23.1 Å². The maximum atomic E-state index is 14.7. The Morgan fingerprint density at radius 2 is 1.90 bits per heavy atom. The number of aliphatic imine (C=N–C) groups is 1. The number of likely N-dealkylation sites (tertiary alicyclic amines) is 1. The number of piperidine rings is 1. The molecule has 2 fully saturated rings. The third-order valence-corrected chi connectivity index (χ3v) is 8.77. The molecule has 3 aliphatic rings. The van der Waals surface area contributed by atoms with Gasteiger partial charge in [0.05, 0.1) is 42.0 Å². The lowest BCUT2D eigenvalue weighted by Gasteiger charge is -2.34. The molecule has 42 heavy (non-hydrogen) atoms. The standard InChI is InChI=1S/C32H30ClFN4O4/c33-21-5-6-24(25(34)15-21)29-16-35-27-3-1-2-23(31(27)42-29)19-8-11-37(12-9-19)18-30-36-26-7-4-20(32(39)40)14-28(26)38(30)17-22-10-13-41-22/h1-7,14-16,19,22,29H,8-13,17-18H2,(H,39,40). The summed E-state index contributed by atoms with van der Waals surface area (Å²) in [5, 5.41) is 9.87. The van der Waals surface area contributed by atoms with Crippen molar-refractivity contribution in [3.63, 3.8) is 0 Å². The predicted molar refractivity (Wildman–Crippen MR) is 158 cm³/mol. The molecule has 0 radical (unpaired) electrons. The van der Waals surface area contributed by atoms with E-state index in [0.29, 0.717) is 29.4 Å². The lowest BCUT2D eigenvalue weighted by Crippen LogP contribution is -2.35. The average molecular weight is 589 g/mol. The Morgan fingerprint density at radius 1 is 1.07 bits per heavy atom. The van der Waals surface area contributed by atoms with Crippen LogP contribution in [0.1, 0.15) is 58.6 Å². The molecule has 0 saturated carbocycles. The van der Waals surface area contributed by atoms with E-state index in [1.165, 1.54) is 6.07 Å². The van der Waals surface area contributed by atoms with Gasteiger partial charge in [-0.2, -0.15) is 0 Å². The largest absolute Gasteiger partial charge is 0.478 e. The number of hydrogen-bond acceptors (Lipinski definition) is 6. The second-order valence-electron chi connectivity index (χ2n) is 11.2. The first-order valence-corrected chi connectivity index (χ1v) is 14.7. The lowest BCUT2D eigenvalue weighted by molar-refractivity contribution is -0.0592. The van der Waals surface area contributed by atoms with Gasteiger partial charge in [-0.3, -0.25) is 9.89 Å². The maximum absolute atomic E-state index is 14.7. The third-order valence-electron chi connectivity index (χ3n) is 8.53. The minimum absolute atomic E-state index is 0.123. The highest BCUT2D eigenvalue weighted by Crippen LogP contribution is 2.44. The SMILES string of the molecule is O=C(O)c1ccc2nc(CN3CCC(c4cccc5c4OC(c4ccc(Cl)cc4F)C=N5)CC3)n(CC3CCO3)c2c1. The molecule has 0 spiro atoms. The van der Waals surface area contributed by atoms with Gasteiger partial charge in [-0.25, -0.2) is 14.2 Å². The van der Waals surface area contributed by atoms with Crippen LogP contribution in [0.25, 0.3) is 11.0 Å². The van der Waals surface area contributed by atoms with E-state index in [1.807, 2.05) is 12.1 Å². The summed E-state index contributed by atoms with van der Waals surface area (Å²) < 4.78 is 28.9.